The lowest BCUT2D eigenvalue weighted by Crippen LogP contribution is -2.24. The monoisotopic (exact) mass is 276 g/mol. The number of benzene rings is 1. The second kappa shape index (κ2) is 6.89. The zero-order valence-electron chi connectivity index (χ0n) is 10.2. The number of carbonyl (C=O) groups excluding carboxylic acids is 1. The van der Waals surface area contributed by atoms with Crippen LogP contribution in [0, 0.1) is 5.82 Å². The fraction of sp³-hybridized carbons (Fsp3) is 0.143. The van der Waals surface area contributed by atoms with Crippen LogP contribution in [-0.4, -0.2) is 16.6 Å². The minimum absolute atomic E-state index is 0.0695. The maximum absolute atomic E-state index is 12.7. The van der Waals surface area contributed by atoms with Crippen molar-refractivity contribution in [3.8, 4) is 0 Å². The van der Waals surface area contributed by atoms with Gasteiger partial charge in [-0.05, 0) is 29.8 Å². The van der Waals surface area contributed by atoms with Crippen LogP contribution in [0.4, 0.5) is 4.39 Å². The van der Waals surface area contributed by atoms with E-state index in [1.54, 1.807) is 18.3 Å². The highest BCUT2D eigenvalue weighted by atomic mass is 32.2. The summed E-state index contributed by atoms with van der Waals surface area (Å²) < 4.78 is 12.7. The van der Waals surface area contributed by atoms with Gasteiger partial charge in [0.1, 0.15) is 5.82 Å². The van der Waals surface area contributed by atoms with E-state index in [1.165, 1.54) is 23.9 Å². The molecule has 0 fully saturated rings. The molecule has 1 N–H and O–H groups in total. The molecule has 2 rings (SSSR count). The summed E-state index contributed by atoms with van der Waals surface area (Å²) in [5, 5.41) is 3.60. The van der Waals surface area contributed by atoms with Crippen LogP contribution in [0.2, 0.25) is 0 Å². The molecule has 0 aliphatic rings. The first-order valence-electron chi connectivity index (χ1n) is 5.79. The molecule has 0 aliphatic heterocycles. The maximum atomic E-state index is 12.7. The molecule has 0 spiro atoms. The number of carbonyl (C=O) groups is 1. The summed E-state index contributed by atoms with van der Waals surface area (Å²) >= 11 is 1.38. The first-order valence-corrected chi connectivity index (χ1v) is 6.77. The van der Waals surface area contributed by atoms with Crippen LogP contribution < -0.4 is 5.32 Å². The number of nitrogens with one attached hydrogen (secondary N) is 1. The summed E-state index contributed by atoms with van der Waals surface area (Å²) in [6, 6.07) is 11.6. The quantitative estimate of drug-likeness (QED) is 0.854. The van der Waals surface area contributed by atoms with Gasteiger partial charge >= 0.3 is 0 Å². The molecule has 1 aromatic heterocycles. The number of hydrogen-bond acceptors (Lipinski definition) is 3. The van der Waals surface area contributed by atoms with Crippen molar-refractivity contribution in [1.82, 2.24) is 10.3 Å². The number of rotatable bonds is 5. The van der Waals surface area contributed by atoms with Gasteiger partial charge in [0, 0.05) is 12.7 Å². The first kappa shape index (κ1) is 13.5. The molecular weight excluding hydrogens is 263 g/mol. The van der Waals surface area contributed by atoms with Gasteiger partial charge in [0.05, 0.1) is 10.8 Å². The van der Waals surface area contributed by atoms with Gasteiger partial charge in [0.2, 0.25) is 5.91 Å². The van der Waals surface area contributed by atoms with E-state index in [2.05, 4.69) is 10.3 Å². The van der Waals surface area contributed by atoms with Crippen LogP contribution in [0.1, 0.15) is 5.56 Å². The molecule has 0 saturated carbocycles. The predicted molar refractivity (Wildman–Crippen MR) is 73.2 cm³/mol. The van der Waals surface area contributed by atoms with Gasteiger partial charge in [-0.3, -0.25) is 4.79 Å². The van der Waals surface area contributed by atoms with E-state index in [9.17, 15) is 9.18 Å². The number of pyridine rings is 1. The Kier molecular flexibility index (Phi) is 4.92. The largest absolute Gasteiger partial charge is 0.351 e. The predicted octanol–water partition coefficient (Wildman–Crippen LogP) is 2.63. The van der Waals surface area contributed by atoms with Crippen LogP contribution in [0.5, 0.6) is 0 Å². The number of hydrogen-bond donors (Lipinski definition) is 1. The summed E-state index contributed by atoms with van der Waals surface area (Å²) in [6.07, 6.45) is 1.69. The Morgan fingerprint density at radius 1 is 1.21 bits per heavy atom. The van der Waals surface area contributed by atoms with Gasteiger partial charge in [-0.2, -0.15) is 0 Å². The van der Waals surface area contributed by atoms with Crippen molar-refractivity contribution in [2.24, 2.45) is 0 Å². The number of thioether (sulfide) groups is 1. The van der Waals surface area contributed by atoms with E-state index in [1.807, 2.05) is 18.2 Å². The Morgan fingerprint density at radius 2 is 2.00 bits per heavy atom. The van der Waals surface area contributed by atoms with Crippen molar-refractivity contribution in [2.45, 2.75) is 11.6 Å². The van der Waals surface area contributed by atoms with Gasteiger partial charge in [-0.15, -0.1) is 0 Å². The minimum Gasteiger partial charge on any atom is -0.351 e. The standard InChI is InChI=1S/C14H13FN2OS/c15-12-6-4-11(5-7-12)9-17-13(18)10-19-14-3-1-2-8-16-14/h1-8H,9-10H2,(H,17,18). The second-order valence-corrected chi connectivity index (χ2v) is 4.86. The summed E-state index contributed by atoms with van der Waals surface area (Å²) in [5.41, 5.74) is 0.873. The van der Waals surface area contributed by atoms with Crippen LogP contribution >= 0.6 is 11.8 Å². The smallest absolute Gasteiger partial charge is 0.230 e. The fourth-order valence-corrected chi connectivity index (χ4v) is 2.12. The van der Waals surface area contributed by atoms with Crippen LogP contribution in [0.15, 0.2) is 53.7 Å². The molecule has 0 unspecified atom stereocenters. The van der Waals surface area contributed by atoms with E-state index < -0.39 is 0 Å². The highest BCUT2D eigenvalue weighted by Gasteiger charge is 2.03. The third kappa shape index (κ3) is 4.71. The van der Waals surface area contributed by atoms with E-state index in [0.29, 0.717) is 12.3 Å². The minimum atomic E-state index is -0.277. The Hall–Kier alpha value is -1.88. The lowest BCUT2D eigenvalue weighted by atomic mass is 10.2. The Labute approximate surface area is 115 Å². The summed E-state index contributed by atoms with van der Waals surface area (Å²) in [7, 11) is 0. The summed E-state index contributed by atoms with van der Waals surface area (Å²) in [4.78, 5) is 15.7. The molecule has 5 heteroatoms. The van der Waals surface area contributed by atoms with Crippen LogP contribution in [-0.2, 0) is 11.3 Å². The van der Waals surface area contributed by atoms with Crippen molar-refractivity contribution in [2.75, 3.05) is 5.75 Å². The van der Waals surface area contributed by atoms with Crippen molar-refractivity contribution in [3.63, 3.8) is 0 Å². The lowest BCUT2D eigenvalue weighted by Gasteiger charge is -2.05. The van der Waals surface area contributed by atoms with Crippen molar-refractivity contribution in [1.29, 1.82) is 0 Å². The number of aromatic nitrogens is 1. The van der Waals surface area contributed by atoms with Gasteiger partial charge in [0.25, 0.3) is 0 Å². The molecule has 1 heterocycles. The molecule has 2 aromatic rings. The number of nitrogens with zero attached hydrogens (tertiary/aromatic N) is 1. The van der Waals surface area contributed by atoms with Gasteiger partial charge in [-0.25, -0.2) is 9.37 Å². The van der Waals surface area contributed by atoms with Crippen molar-refractivity contribution in [3.05, 3.63) is 60.0 Å². The number of amides is 1. The lowest BCUT2D eigenvalue weighted by molar-refractivity contribution is -0.118. The number of halogens is 1. The zero-order valence-corrected chi connectivity index (χ0v) is 11.0. The molecule has 0 saturated heterocycles. The second-order valence-electron chi connectivity index (χ2n) is 3.86. The van der Waals surface area contributed by atoms with Gasteiger partial charge in [-0.1, -0.05) is 30.0 Å². The molecule has 3 nitrogen and oxygen atoms in total. The van der Waals surface area contributed by atoms with Gasteiger partial charge in [0.15, 0.2) is 0 Å². The highest BCUT2D eigenvalue weighted by molar-refractivity contribution is 7.99. The molecule has 1 aromatic carbocycles. The average molecular weight is 276 g/mol. The SMILES string of the molecule is O=C(CSc1ccccn1)NCc1ccc(F)cc1. The van der Waals surface area contributed by atoms with E-state index >= 15 is 0 Å². The first-order chi connectivity index (χ1) is 9.24. The van der Waals surface area contributed by atoms with Crippen LogP contribution in [0.3, 0.4) is 0 Å². The molecule has 0 aliphatic carbocycles. The van der Waals surface area contributed by atoms with Crippen molar-refractivity contribution < 1.29 is 9.18 Å². The average Bonchev–Trinajstić information content (AvgIpc) is 2.45. The Balaban J connectivity index is 1.74. The van der Waals surface area contributed by atoms with Gasteiger partial charge < -0.3 is 5.32 Å². The molecule has 0 radical (unpaired) electrons. The van der Waals surface area contributed by atoms with Crippen LogP contribution in [0.25, 0.3) is 0 Å². The maximum Gasteiger partial charge on any atom is 0.230 e. The highest BCUT2D eigenvalue weighted by Crippen LogP contribution is 2.13. The summed E-state index contributed by atoms with van der Waals surface area (Å²) in [5.74, 6) is -0.0288. The topological polar surface area (TPSA) is 42.0 Å². The molecule has 98 valence electrons. The molecule has 0 bridgehead atoms. The molecular formula is C14H13FN2OS. The van der Waals surface area contributed by atoms with E-state index in [-0.39, 0.29) is 11.7 Å². The normalized spacial score (nSPS) is 10.2. The van der Waals surface area contributed by atoms with E-state index in [4.69, 9.17) is 0 Å². The molecule has 0 atom stereocenters. The molecule has 19 heavy (non-hydrogen) atoms. The van der Waals surface area contributed by atoms with Crippen molar-refractivity contribution >= 4 is 17.7 Å². The Morgan fingerprint density at radius 3 is 2.68 bits per heavy atom. The third-order valence-electron chi connectivity index (χ3n) is 2.39. The Bertz CT molecular complexity index is 531. The third-order valence-corrected chi connectivity index (χ3v) is 3.34. The summed E-state index contributed by atoms with van der Waals surface area (Å²) in [6.45, 7) is 0.405. The fourth-order valence-electron chi connectivity index (χ4n) is 1.43. The van der Waals surface area contributed by atoms with E-state index in [0.717, 1.165) is 10.6 Å². The molecule has 1 amide bonds. The zero-order chi connectivity index (χ0) is 13.5.